The van der Waals surface area contributed by atoms with E-state index in [4.69, 9.17) is 11.6 Å². The third-order valence-electron chi connectivity index (χ3n) is 1.99. The summed E-state index contributed by atoms with van der Waals surface area (Å²) in [6.07, 6.45) is 6.13. The van der Waals surface area contributed by atoms with Crippen LogP contribution in [0.1, 0.15) is 5.69 Å². The van der Waals surface area contributed by atoms with Crippen molar-refractivity contribution < 1.29 is 0 Å². The molecule has 0 amide bonds. The number of nitrogens with one attached hydrogen (secondary N) is 2. The quantitative estimate of drug-likeness (QED) is 0.780. The van der Waals surface area contributed by atoms with Gasteiger partial charge in [-0.3, -0.25) is 0 Å². The largest absolute Gasteiger partial charge is 0.385 e. The average Bonchev–Trinajstić information content (AvgIpc) is 2.71. The van der Waals surface area contributed by atoms with Gasteiger partial charge in [0.15, 0.2) is 0 Å². The van der Waals surface area contributed by atoms with Crippen LogP contribution in [0.4, 0.5) is 5.69 Å². The van der Waals surface area contributed by atoms with E-state index in [1.54, 1.807) is 18.6 Å². The summed E-state index contributed by atoms with van der Waals surface area (Å²) in [4.78, 5) is 11.0. The summed E-state index contributed by atoms with van der Waals surface area (Å²) in [6.45, 7) is 0.825. The maximum absolute atomic E-state index is 5.75. The molecule has 5 heteroatoms. The van der Waals surface area contributed by atoms with E-state index in [0.717, 1.165) is 24.3 Å². The molecule has 0 aliphatic rings. The second kappa shape index (κ2) is 4.79. The molecule has 0 aliphatic carbocycles. The number of nitrogens with zero attached hydrogens (tertiary/aromatic N) is 2. The third-order valence-corrected chi connectivity index (χ3v) is 2.20. The van der Waals surface area contributed by atoms with E-state index in [2.05, 4.69) is 20.3 Å². The summed E-state index contributed by atoms with van der Waals surface area (Å²) in [7, 11) is 0. The molecule has 0 saturated carbocycles. The molecule has 0 aliphatic heterocycles. The highest BCUT2D eigenvalue weighted by Crippen LogP contribution is 2.11. The Morgan fingerprint density at radius 2 is 2.33 bits per heavy atom. The fourth-order valence-electron chi connectivity index (χ4n) is 1.27. The number of rotatable bonds is 4. The summed E-state index contributed by atoms with van der Waals surface area (Å²) in [6, 6.07) is 3.68. The molecule has 2 aromatic heterocycles. The van der Waals surface area contributed by atoms with Gasteiger partial charge < -0.3 is 10.3 Å². The van der Waals surface area contributed by atoms with E-state index in [0.29, 0.717) is 5.15 Å². The Labute approximate surface area is 92.7 Å². The minimum atomic E-state index is 0.500. The lowest BCUT2D eigenvalue weighted by molar-refractivity contribution is 0.976. The van der Waals surface area contributed by atoms with Gasteiger partial charge in [0.1, 0.15) is 5.15 Å². The molecule has 0 atom stereocenters. The van der Waals surface area contributed by atoms with Crippen molar-refractivity contribution in [3.63, 3.8) is 0 Å². The molecule has 0 fully saturated rings. The summed E-state index contributed by atoms with van der Waals surface area (Å²) in [5.41, 5.74) is 2.02. The molecule has 0 bridgehead atoms. The molecule has 78 valence electrons. The minimum Gasteiger partial charge on any atom is -0.385 e. The molecular weight excluding hydrogens is 212 g/mol. The zero-order valence-electron chi connectivity index (χ0n) is 8.07. The average molecular weight is 223 g/mol. The van der Waals surface area contributed by atoms with Gasteiger partial charge in [0.25, 0.3) is 0 Å². The minimum absolute atomic E-state index is 0.500. The lowest BCUT2D eigenvalue weighted by atomic mass is 10.3. The van der Waals surface area contributed by atoms with Crippen LogP contribution in [0.2, 0.25) is 5.15 Å². The molecule has 0 aromatic carbocycles. The smallest absolute Gasteiger partial charge is 0.131 e. The molecule has 0 spiro atoms. The number of hydrogen-bond donors (Lipinski definition) is 2. The number of imidazole rings is 1. The van der Waals surface area contributed by atoms with Crippen molar-refractivity contribution in [1.29, 1.82) is 0 Å². The molecule has 2 aromatic rings. The number of halogens is 1. The first kappa shape index (κ1) is 9.98. The van der Waals surface area contributed by atoms with E-state index >= 15 is 0 Å². The second-order valence-electron chi connectivity index (χ2n) is 3.10. The topological polar surface area (TPSA) is 53.6 Å². The number of H-pyrrole nitrogens is 1. The van der Waals surface area contributed by atoms with Crippen molar-refractivity contribution in [2.45, 2.75) is 6.42 Å². The van der Waals surface area contributed by atoms with E-state index < -0.39 is 0 Å². The molecule has 0 saturated heterocycles. The van der Waals surface area contributed by atoms with Crippen molar-refractivity contribution >= 4 is 17.3 Å². The summed E-state index contributed by atoms with van der Waals surface area (Å²) in [5, 5.41) is 3.75. The lowest BCUT2D eigenvalue weighted by Gasteiger charge is -2.04. The number of aromatic nitrogens is 3. The molecule has 0 radical (unpaired) electrons. The molecular formula is C10H11ClN4. The molecule has 15 heavy (non-hydrogen) atoms. The van der Waals surface area contributed by atoms with E-state index in [-0.39, 0.29) is 0 Å². The SMILES string of the molecule is Clc1cc(NCCc2c[nH]cn2)ccn1. The molecule has 0 unspecified atom stereocenters. The summed E-state index contributed by atoms with van der Waals surface area (Å²) >= 11 is 5.75. The Bertz CT molecular complexity index is 413. The van der Waals surface area contributed by atoms with Gasteiger partial charge in [0, 0.05) is 31.0 Å². The highest BCUT2D eigenvalue weighted by atomic mass is 35.5. The van der Waals surface area contributed by atoms with Gasteiger partial charge in [-0.05, 0) is 12.1 Å². The van der Waals surface area contributed by atoms with Gasteiger partial charge in [-0.25, -0.2) is 9.97 Å². The zero-order chi connectivity index (χ0) is 10.5. The predicted molar refractivity (Wildman–Crippen MR) is 60.0 cm³/mol. The summed E-state index contributed by atoms with van der Waals surface area (Å²) < 4.78 is 0. The van der Waals surface area contributed by atoms with Crippen molar-refractivity contribution in [3.05, 3.63) is 41.7 Å². The van der Waals surface area contributed by atoms with E-state index in [1.807, 2.05) is 12.3 Å². The van der Waals surface area contributed by atoms with Gasteiger partial charge in [-0.2, -0.15) is 0 Å². The van der Waals surface area contributed by atoms with Crippen LogP contribution in [0, 0.1) is 0 Å². The maximum Gasteiger partial charge on any atom is 0.131 e. The van der Waals surface area contributed by atoms with Crippen LogP contribution in [0.5, 0.6) is 0 Å². The molecule has 2 N–H and O–H groups in total. The van der Waals surface area contributed by atoms with E-state index in [1.165, 1.54) is 0 Å². The van der Waals surface area contributed by atoms with Crippen LogP contribution in [0.15, 0.2) is 30.9 Å². The number of hydrogen-bond acceptors (Lipinski definition) is 3. The van der Waals surface area contributed by atoms with Crippen LogP contribution in [-0.4, -0.2) is 21.5 Å². The first-order chi connectivity index (χ1) is 7.34. The Balaban J connectivity index is 1.83. The Hall–Kier alpha value is -1.55. The van der Waals surface area contributed by atoms with Gasteiger partial charge in [0.05, 0.1) is 12.0 Å². The molecule has 4 nitrogen and oxygen atoms in total. The first-order valence-corrected chi connectivity index (χ1v) is 5.05. The molecule has 2 rings (SSSR count). The number of anilines is 1. The molecule has 2 heterocycles. The summed E-state index contributed by atoms with van der Waals surface area (Å²) in [5.74, 6) is 0. The Morgan fingerprint density at radius 3 is 3.07 bits per heavy atom. The zero-order valence-corrected chi connectivity index (χ0v) is 8.83. The van der Waals surface area contributed by atoms with Crippen molar-refractivity contribution in [3.8, 4) is 0 Å². The number of pyridine rings is 1. The van der Waals surface area contributed by atoms with Crippen LogP contribution in [0.25, 0.3) is 0 Å². The highest BCUT2D eigenvalue weighted by molar-refractivity contribution is 6.29. The first-order valence-electron chi connectivity index (χ1n) is 4.68. The van der Waals surface area contributed by atoms with Crippen LogP contribution >= 0.6 is 11.6 Å². The van der Waals surface area contributed by atoms with Gasteiger partial charge in [-0.1, -0.05) is 11.6 Å². The van der Waals surface area contributed by atoms with E-state index in [9.17, 15) is 0 Å². The van der Waals surface area contributed by atoms with Crippen molar-refractivity contribution in [2.75, 3.05) is 11.9 Å². The highest BCUT2D eigenvalue weighted by Gasteiger charge is 1.96. The Kier molecular flexibility index (Phi) is 3.19. The maximum atomic E-state index is 5.75. The standard InChI is InChI=1S/C10H11ClN4/c11-10-5-8(1-4-14-10)13-3-2-9-6-12-7-15-9/h1,4-7H,2-3H2,(H,12,15)(H,13,14). The monoisotopic (exact) mass is 222 g/mol. The van der Waals surface area contributed by atoms with Crippen LogP contribution < -0.4 is 5.32 Å². The fourth-order valence-corrected chi connectivity index (χ4v) is 1.45. The van der Waals surface area contributed by atoms with Crippen molar-refractivity contribution in [1.82, 2.24) is 15.0 Å². The van der Waals surface area contributed by atoms with Gasteiger partial charge >= 0.3 is 0 Å². The van der Waals surface area contributed by atoms with Gasteiger partial charge in [0.2, 0.25) is 0 Å². The number of aromatic amines is 1. The Morgan fingerprint density at radius 1 is 1.40 bits per heavy atom. The van der Waals surface area contributed by atoms with Gasteiger partial charge in [-0.15, -0.1) is 0 Å². The normalized spacial score (nSPS) is 10.2. The lowest BCUT2D eigenvalue weighted by Crippen LogP contribution is -2.04. The third kappa shape index (κ3) is 2.95. The van der Waals surface area contributed by atoms with Crippen LogP contribution in [0.3, 0.4) is 0 Å². The van der Waals surface area contributed by atoms with Crippen molar-refractivity contribution in [2.24, 2.45) is 0 Å². The fraction of sp³-hybridized carbons (Fsp3) is 0.200. The second-order valence-corrected chi connectivity index (χ2v) is 3.49. The van der Waals surface area contributed by atoms with Crippen LogP contribution in [-0.2, 0) is 6.42 Å². The predicted octanol–water partition coefficient (Wildman–Crippen LogP) is 2.11.